The summed E-state index contributed by atoms with van der Waals surface area (Å²) in [6.07, 6.45) is 2.59. The predicted octanol–water partition coefficient (Wildman–Crippen LogP) is 2.73. The molecule has 0 radical (unpaired) electrons. The highest BCUT2D eigenvalue weighted by atomic mass is 32.2. The molecule has 0 spiro atoms. The van der Waals surface area contributed by atoms with Crippen molar-refractivity contribution in [2.45, 2.75) is 25.8 Å². The van der Waals surface area contributed by atoms with Crippen LogP contribution in [0.25, 0.3) is 0 Å². The lowest BCUT2D eigenvalue weighted by atomic mass is 10.1. The van der Waals surface area contributed by atoms with Gasteiger partial charge in [0, 0.05) is 6.54 Å². The monoisotopic (exact) mass is 378 g/mol. The third-order valence-electron chi connectivity index (χ3n) is 3.95. The molecular weight excluding hydrogens is 355 g/mol. The highest BCUT2D eigenvalue weighted by Gasteiger charge is 2.28. The first kappa shape index (κ1) is 19.9. The molecule has 0 saturated heterocycles. The van der Waals surface area contributed by atoms with Gasteiger partial charge in [0.1, 0.15) is 11.9 Å². The quantitative estimate of drug-likeness (QED) is 0.719. The van der Waals surface area contributed by atoms with Gasteiger partial charge >= 0.3 is 0 Å². The molecule has 0 unspecified atom stereocenters. The SMILES string of the molecule is C[C@H](C(=O)NCCCc1ccccc1)N(c1ccc(F)cc1)S(C)(=O)=O. The van der Waals surface area contributed by atoms with Gasteiger partial charge in [-0.15, -0.1) is 0 Å². The Hall–Kier alpha value is -2.41. The van der Waals surface area contributed by atoms with E-state index in [-0.39, 0.29) is 5.69 Å². The predicted molar refractivity (Wildman–Crippen MR) is 101 cm³/mol. The van der Waals surface area contributed by atoms with Crippen molar-refractivity contribution < 1.29 is 17.6 Å². The molecular formula is C19H23FN2O3S. The molecule has 0 aliphatic carbocycles. The number of nitrogens with one attached hydrogen (secondary N) is 1. The first-order valence-electron chi connectivity index (χ1n) is 8.35. The lowest BCUT2D eigenvalue weighted by Crippen LogP contribution is -2.48. The zero-order valence-electron chi connectivity index (χ0n) is 14.9. The molecule has 2 aromatic rings. The molecule has 0 saturated carbocycles. The lowest BCUT2D eigenvalue weighted by molar-refractivity contribution is -0.121. The molecule has 0 aromatic heterocycles. The Morgan fingerprint density at radius 2 is 1.73 bits per heavy atom. The summed E-state index contributed by atoms with van der Waals surface area (Å²) in [6, 6.07) is 14.0. The summed E-state index contributed by atoms with van der Waals surface area (Å²) >= 11 is 0. The first-order chi connectivity index (χ1) is 12.3. The van der Waals surface area contributed by atoms with Crippen LogP contribution in [0.3, 0.4) is 0 Å². The maximum Gasteiger partial charge on any atom is 0.243 e. The van der Waals surface area contributed by atoms with E-state index >= 15 is 0 Å². The molecule has 2 aromatic carbocycles. The van der Waals surface area contributed by atoms with Crippen LogP contribution in [0, 0.1) is 5.82 Å². The van der Waals surface area contributed by atoms with Crippen LogP contribution in [0.15, 0.2) is 54.6 Å². The minimum absolute atomic E-state index is 0.251. The fourth-order valence-corrected chi connectivity index (χ4v) is 3.87. The van der Waals surface area contributed by atoms with Crippen molar-refractivity contribution in [1.82, 2.24) is 5.32 Å². The highest BCUT2D eigenvalue weighted by molar-refractivity contribution is 7.92. The summed E-state index contributed by atoms with van der Waals surface area (Å²) in [7, 11) is -3.70. The van der Waals surface area contributed by atoms with E-state index in [4.69, 9.17) is 0 Å². The van der Waals surface area contributed by atoms with Gasteiger partial charge in [-0.2, -0.15) is 0 Å². The van der Waals surface area contributed by atoms with Crippen molar-refractivity contribution in [3.63, 3.8) is 0 Å². The normalized spacial score (nSPS) is 12.4. The second kappa shape index (κ2) is 8.80. The Labute approximate surface area is 153 Å². The average Bonchev–Trinajstić information content (AvgIpc) is 2.60. The first-order valence-corrected chi connectivity index (χ1v) is 10.2. The topological polar surface area (TPSA) is 66.5 Å². The molecule has 140 valence electrons. The van der Waals surface area contributed by atoms with Crippen LogP contribution in [-0.4, -0.2) is 33.2 Å². The maximum atomic E-state index is 13.1. The molecule has 5 nitrogen and oxygen atoms in total. The zero-order valence-corrected chi connectivity index (χ0v) is 15.7. The lowest BCUT2D eigenvalue weighted by Gasteiger charge is -2.28. The molecule has 26 heavy (non-hydrogen) atoms. The van der Waals surface area contributed by atoms with E-state index in [9.17, 15) is 17.6 Å². The maximum absolute atomic E-state index is 13.1. The number of carbonyl (C=O) groups is 1. The molecule has 0 aliphatic rings. The molecule has 7 heteroatoms. The van der Waals surface area contributed by atoms with Crippen molar-refractivity contribution >= 4 is 21.6 Å². The molecule has 1 atom stereocenters. The number of rotatable bonds is 8. The Bertz CT molecular complexity index is 824. The van der Waals surface area contributed by atoms with E-state index in [1.54, 1.807) is 0 Å². The summed E-state index contributed by atoms with van der Waals surface area (Å²) < 4.78 is 38.4. The van der Waals surface area contributed by atoms with Crippen LogP contribution in [-0.2, 0) is 21.2 Å². The van der Waals surface area contributed by atoms with Crippen molar-refractivity contribution in [2.24, 2.45) is 0 Å². The number of hydrogen-bond donors (Lipinski definition) is 1. The van der Waals surface area contributed by atoms with Crippen molar-refractivity contribution in [2.75, 3.05) is 17.1 Å². The minimum Gasteiger partial charge on any atom is -0.354 e. The molecule has 0 heterocycles. The summed E-state index contributed by atoms with van der Waals surface area (Å²) in [4.78, 5) is 12.4. The fraction of sp³-hybridized carbons (Fsp3) is 0.316. The highest BCUT2D eigenvalue weighted by Crippen LogP contribution is 2.21. The zero-order chi connectivity index (χ0) is 19.2. The standard InChI is InChI=1S/C19H23FN2O3S/c1-15(19(23)21-14-6-9-16-7-4-3-5-8-16)22(26(2,24)25)18-12-10-17(20)11-13-18/h3-5,7-8,10-13,15H,6,9,14H2,1-2H3,(H,21,23)/t15-/m1/s1. The number of halogens is 1. The largest absolute Gasteiger partial charge is 0.354 e. The fourth-order valence-electron chi connectivity index (χ4n) is 2.69. The van der Waals surface area contributed by atoms with Crippen LogP contribution in [0.4, 0.5) is 10.1 Å². The van der Waals surface area contributed by atoms with Gasteiger partial charge in [0.15, 0.2) is 0 Å². The van der Waals surface area contributed by atoms with Crippen LogP contribution >= 0.6 is 0 Å². The average molecular weight is 378 g/mol. The third kappa shape index (κ3) is 5.56. The number of anilines is 1. The summed E-state index contributed by atoms with van der Waals surface area (Å²) in [6.45, 7) is 1.95. The van der Waals surface area contributed by atoms with Gasteiger partial charge in [-0.25, -0.2) is 12.8 Å². The van der Waals surface area contributed by atoms with E-state index in [1.165, 1.54) is 24.6 Å². The van der Waals surface area contributed by atoms with Crippen LogP contribution in [0.1, 0.15) is 18.9 Å². The molecule has 0 aliphatic heterocycles. The van der Waals surface area contributed by atoms with Crippen LogP contribution in [0.5, 0.6) is 0 Å². The second-order valence-electron chi connectivity index (χ2n) is 6.09. The number of hydrogen-bond acceptors (Lipinski definition) is 3. The summed E-state index contributed by atoms with van der Waals surface area (Å²) in [5, 5.41) is 2.77. The number of nitrogens with zero attached hydrogens (tertiary/aromatic N) is 1. The molecule has 1 N–H and O–H groups in total. The van der Waals surface area contributed by atoms with Crippen molar-refractivity contribution in [3.05, 3.63) is 66.0 Å². The Kier molecular flexibility index (Phi) is 6.74. The summed E-state index contributed by atoms with van der Waals surface area (Å²) in [5.74, 6) is -0.868. The minimum atomic E-state index is -3.70. The van der Waals surface area contributed by atoms with Crippen molar-refractivity contribution in [1.29, 1.82) is 0 Å². The summed E-state index contributed by atoms with van der Waals surface area (Å²) in [5.41, 5.74) is 1.43. The van der Waals surface area contributed by atoms with Gasteiger partial charge < -0.3 is 5.32 Å². The van der Waals surface area contributed by atoms with Gasteiger partial charge in [-0.1, -0.05) is 30.3 Å². The number of aryl methyl sites for hydroxylation is 1. The van der Waals surface area contributed by atoms with E-state index in [1.807, 2.05) is 30.3 Å². The number of sulfonamides is 1. The molecule has 0 fully saturated rings. The Balaban J connectivity index is 1.98. The Morgan fingerprint density at radius 1 is 1.12 bits per heavy atom. The third-order valence-corrected chi connectivity index (χ3v) is 5.20. The Morgan fingerprint density at radius 3 is 2.31 bits per heavy atom. The van der Waals surface area contributed by atoms with E-state index in [0.717, 1.165) is 35.5 Å². The number of carbonyl (C=O) groups excluding carboxylic acids is 1. The number of benzene rings is 2. The number of amides is 1. The van der Waals surface area contributed by atoms with Gasteiger partial charge in [-0.05, 0) is 49.6 Å². The molecule has 1 amide bonds. The molecule has 2 rings (SSSR count). The molecule has 0 bridgehead atoms. The van der Waals surface area contributed by atoms with Gasteiger partial charge in [0.05, 0.1) is 11.9 Å². The van der Waals surface area contributed by atoms with Crippen LogP contribution in [0.2, 0.25) is 0 Å². The van der Waals surface area contributed by atoms with Crippen molar-refractivity contribution in [3.8, 4) is 0 Å². The van der Waals surface area contributed by atoms with Gasteiger partial charge in [-0.3, -0.25) is 9.10 Å². The second-order valence-corrected chi connectivity index (χ2v) is 7.95. The van der Waals surface area contributed by atoms with Gasteiger partial charge in [0.2, 0.25) is 15.9 Å². The van der Waals surface area contributed by atoms with E-state index in [0.29, 0.717) is 6.54 Å². The smallest absolute Gasteiger partial charge is 0.243 e. The van der Waals surface area contributed by atoms with Crippen LogP contribution < -0.4 is 9.62 Å². The van der Waals surface area contributed by atoms with E-state index < -0.39 is 27.8 Å². The van der Waals surface area contributed by atoms with Gasteiger partial charge in [0.25, 0.3) is 0 Å². The van der Waals surface area contributed by atoms with E-state index in [2.05, 4.69) is 5.32 Å².